The first-order valence-electron chi connectivity index (χ1n) is 14.0. The molecule has 0 amide bonds. The van der Waals surface area contributed by atoms with Gasteiger partial charge < -0.3 is 0 Å². The summed E-state index contributed by atoms with van der Waals surface area (Å²) in [6.07, 6.45) is 0. The summed E-state index contributed by atoms with van der Waals surface area (Å²) < 4.78 is 1.46. The Kier molecular flexibility index (Phi) is 9.69. The number of hydrogen-bond acceptors (Lipinski definition) is 0. The van der Waals surface area contributed by atoms with E-state index in [1.165, 1.54) is 47.1 Å². The van der Waals surface area contributed by atoms with Gasteiger partial charge in [-0.25, -0.2) is 12.1 Å². The Bertz CT molecular complexity index is 1510. The van der Waals surface area contributed by atoms with Gasteiger partial charge in [-0.3, -0.25) is 0 Å². The van der Waals surface area contributed by atoms with Crippen LogP contribution in [-0.4, -0.2) is 3.26 Å². The average Bonchev–Trinajstić information content (AvgIpc) is 3.64. The Morgan fingerprint density at radius 1 is 0.525 bits per heavy atom. The molecule has 0 bridgehead atoms. The van der Waals surface area contributed by atoms with Crippen LogP contribution < -0.4 is 0 Å². The van der Waals surface area contributed by atoms with E-state index in [4.69, 9.17) is 0 Å². The van der Waals surface area contributed by atoms with Gasteiger partial charge in [-0.05, 0) is 10.8 Å². The van der Waals surface area contributed by atoms with Crippen LogP contribution in [0.15, 0.2) is 133 Å². The molecule has 0 aliphatic heterocycles. The van der Waals surface area contributed by atoms with E-state index in [-0.39, 0.29) is 10.8 Å². The van der Waals surface area contributed by atoms with E-state index in [2.05, 4.69) is 145 Å². The molecule has 0 N–H and O–H groups in total. The summed E-state index contributed by atoms with van der Waals surface area (Å²) in [5.74, 6) is 0. The molecule has 0 nitrogen and oxygen atoms in total. The smallest absolute Gasteiger partial charge is 0.172 e. The topological polar surface area (TPSA) is 0 Å². The van der Waals surface area contributed by atoms with E-state index in [9.17, 15) is 0 Å². The number of hydrogen-bond donors (Lipinski definition) is 0. The Hall–Kier alpha value is -3.16. The maximum atomic E-state index is 2.35. The molecule has 0 heterocycles. The van der Waals surface area contributed by atoms with E-state index >= 15 is 0 Å². The van der Waals surface area contributed by atoms with Gasteiger partial charge in [0.15, 0.2) is 0 Å². The van der Waals surface area contributed by atoms with Crippen LogP contribution in [0.1, 0.15) is 63.8 Å². The molecule has 0 saturated heterocycles. The van der Waals surface area contributed by atoms with Gasteiger partial charge in [0.2, 0.25) is 0 Å². The number of fused-ring (bicyclic) bond motifs is 3. The molecule has 6 aromatic carbocycles. The van der Waals surface area contributed by atoms with Gasteiger partial charge in [-0.1, -0.05) is 76.9 Å². The zero-order chi connectivity index (χ0) is 28.8. The quantitative estimate of drug-likeness (QED) is 0.126. The largest absolute Gasteiger partial charge is 0.214 e. The minimum Gasteiger partial charge on any atom is -0.214 e. The third-order valence-corrected chi connectivity index (χ3v) is 9.19. The maximum Gasteiger partial charge on any atom is -0.172 e. The van der Waals surface area contributed by atoms with Crippen LogP contribution in [-0.2, 0) is 34.7 Å². The molecule has 0 aromatic heterocycles. The Balaban J connectivity index is 0.000000166. The average molecular weight is 687 g/mol. The van der Waals surface area contributed by atoms with Gasteiger partial charge >= 0.3 is 98.9 Å². The molecule has 0 aliphatic rings. The van der Waals surface area contributed by atoms with E-state index in [1.54, 1.807) is 0 Å². The van der Waals surface area contributed by atoms with Gasteiger partial charge in [0.05, 0.1) is 0 Å². The summed E-state index contributed by atoms with van der Waals surface area (Å²) in [6, 6.07) is 47.4. The van der Waals surface area contributed by atoms with Crippen molar-refractivity contribution in [2.24, 2.45) is 0 Å². The standard InChI is InChI=1S/C21H25.C13H10.C5H5.Hf/c1-20(2,3)16-7-9-18-14(12-16)11-15-13-17(21(4,5)6)8-10-19(15)18;1-3-7-12(8-4-1)11-13-9-5-2-6-10-13;1-2-4-5-3-1;/h7-13H,1-6H3;1-10H;1-5H;/q-1;;-1;+2. The monoisotopic (exact) mass is 688 g/mol. The third kappa shape index (κ3) is 7.73. The molecule has 6 aromatic rings. The summed E-state index contributed by atoms with van der Waals surface area (Å²) in [7, 11) is 0. The molecular formula is C39H40Hf. The molecule has 0 aliphatic carbocycles. The second-order valence-electron chi connectivity index (χ2n) is 12.3. The first-order chi connectivity index (χ1) is 19.0. The van der Waals surface area contributed by atoms with Crippen molar-refractivity contribution < 1.29 is 23.9 Å². The molecule has 0 atom stereocenters. The molecular weight excluding hydrogens is 647 g/mol. The first-order valence-corrected chi connectivity index (χ1v) is 15.8. The summed E-state index contributed by atoms with van der Waals surface area (Å²) in [4.78, 5) is 0. The van der Waals surface area contributed by atoms with Crippen LogP contribution in [0.3, 0.4) is 0 Å². The number of benzene rings is 4. The molecule has 0 unspecified atom stereocenters. The van der Waals surface area contributed by atoms with Crippen molar-refractivity contribution in [2.45, 2.75) is 52.4 Å². The molecule has 0 spiro atoms. The number of rotatable bonds is 2. The fourth-order valence-electron chi connectivity index (χ4n) is 4.65. The fraction of sp³-hybridized carbons (Fsp3) is 0.205. The zero-order valence-corrected chi connectivity index (χ0v) is 28.3. The van der Waals surface area contributed by atoms with Crippen LogP contribution >= 0.6 is 0 Å². The second-order valence-corrected chi connectivity index (χ2v) is 14.1. The van der Waals surface area contributed by atoms with Crippen molar-refractivity contribution in [1.82, 2.24) is 0 Å². The van der Waals surface area contributed by atoms with Crippen molar-refractivity contribution in [3.63, 3.8) is 0 Å². The van der Waals surface area contributed by atoms with Gasteiger partial charge in [0, 0.05) is 0 Å². The maximum absolute atomic E-state index is 2.35. The van der Waals surface area contributed by atoms with Crippen LogP contribution in [0, 0.1) is 0 Å². The minimum atomic E-state index is 0.203. The fourth-order valence-corrected chi connectivity index (χ4v) is 5.85. The Morgan fingerprint density at radius 3 is 1.25 bits per heavy atom. The van der Waals surface area contributed by atoms with Gasteiger partial charge in [-0.2, -0.15) is 18.2 Å². The van der Waals surface area contributed by atoms with Gasteiger partial charge in [0.1, 0.15) is 0 Å². The van der Waals surface area contributed by atoms with Gasteiger partial charge in [-0.15, -0.1) is 39.7 Å². The second kappa shape index (κ2) is 13.0. The summed E-state index contributed by atoms with van der Waals surface area (Å²) >= 11 is 1.08. The minimum absolute atomic E-state index is 0.203. The predicted molar refractivity (Wildman–Crippen MR) is 173 cm³/mol. The van der Waals surface area contributed by atoms with E-state index < -0.39 is 0 Å². The van der Waals surface area contributed by atoms with E-state index in [0.29, 0.717) is 0 Å². The zero-order valence-electron chi connectivity index (χ0n) is 24.7. The van der Waals surface area contributed by atoms with E-state index in [1.807, 2.05) is 30.3 Å². The molecule has 1 heteroatoms. The van der Waals surface area contributed by atoms with Crippen LogP contribution in [0.5, 0.6) is 0 Å². The predicted octanol–water partition coefficient (Wildman–Crippen LogP) is 10.5. The summed E-state index contributed by atoms with van der Waals surface area (Å²) in [5.41, 5.74) is 5.92. The third-order valence-electron chi connectivity index (χ3n) is 7.12. The normalized spacial score (nSPS) is 11.4. The Labute approximate surface area is 255 Å². The molecule has 0 radical (unpaired) electrons. The van der Waals surface area contributed by atoms with Crippen molar-refractivity contribution >= 4 is 24.8 Å². The van der Waals surface area contributed by atoms with Crippen molar-refractivity contribution in [3.05, 3.63) is 156 Å². The molecule has 0 fully saturated rings. The van der Waals surface area contributed by atoms with Crippen LogP contribution in [0.25, 0.3) is 21.5 Å². The van der Waals surface area contributed by atoms with E-state index in [0.717, 1.165) is 23.9 Å². The van der Waals surface area contributed by atoms with Crippen LogP contribution in [0.2, 0.25) is 0 Å². The molecule has 200 valence electrons. The molecule has 0 saturated carbocycles. The van der Waals surface area contributed by atoms with Crippen molar-refractivity contribution in [1.29, 1.82) is 0 Å². The van der Waals surface area contributed by atoms with Crippen LogP contribution in [0.4, 0.5) is 0 Å². The molecule has 40 heavy (non-hydrogen) atoms. The van der Waals surface area contributed by atoms with Crippen molar-refractivity contribution in [2.75, 3.05) is 0 Å². The van der Waals surface area contributed by atoms with Gasteiger partial charge in [0.25, 0.3) is 0 Å². The van der Waals surface area contributed by atoms with Crippen molar-refractivity contribution in [3.8, 4) is 0 Å². The SMILES string of the molecule is CC(C)(C)c1ccc2c(c1)[cH-]c1cc(C(C)(C)C)ccc12.[Hf+2]=[C](c1ccccc1)c1ccccc1.c1cc[cH-]c1. The first kappa shape index (κ1) is 29.8. The Morgan fingerprint density at radius 2 is 0.925 bits per heavy atom. The molecule has 6 rings (SSSR count). The summed E-state index contributed by atoms with van der Waals surface area (Å²) in [5, 5.41) is 5.48. The summed E-state index contributed by atoms with van der Waals surface area (Å²) in [6.45, 7) is 13.6.